The zero-order valence-corrected chi connectivity index (χ0v) is 20.2. The number of rotatable bonds is 7. The first-order valence-electron chi connectivity index (χ1n) is 11.2. The minimum Gasteiger partial charge on any atom is -0.486 e. The summed E-state index contributed by atoms with van der Waals surface area (Å²) in [5.74, 6) is -0.577. The summed E-state index contributed by atoms with van der Waals surface area (Å²) in [5.41, 5.74) is -0.500. The van der Waals surface area contributed by atoms with Crippen molar-refractivity contribution in [3.05, 3.63) is 46.2 Å². The van der Waals surface area contributed by atoms with Crippen LogP contribution in [-0.2, 0) is 27.5 Å². The van der Waals surface area contributed by atoms with E-state index in [2.05, 4.69) is 31.1 Å². The number of carbonyl (C=O) groups excluding carboxylic acids is 3. The number of halogens is 1. The molecule has 2 unspecified atom stereocenters. The molecule has 1 aliphatic heterocycles. The summed E-state index contributed by atoms with van der Waals surface area (Å²) in [6, 6.07) is 5.12. The fourth-order valence-corrected chi connectivity index (χ4v) is 5.83. The molecule has 4 rings (SSSR count). The number of nitrogens with zero attached hydrogens (tertiary/aromatic N) is 2. The zero-order chi connectivity index (χ0) is 24.5. The van der Waals surface area contributed by atoms with Crippen LogP contribution >= 0.6 is 11.3 Å². The first-order chi connectivity index (χ1) is 16.1. The highest BCUT2D eigenvalue weighted by molar-refractivity contribution is 7.09. The van der Waals surface area contributed by atoms with Crippen molar-refractivity contribution >= 4 is 29.2 Å². The molecule has 3 amide bonds. The monoisotopic (exact) mass is 489 g/mol. The van der Waals surface area contributed by atoms with Crippen LogP contribution in [0.2, 0.25) is 0 Å². The molecule has 1 saturated carbocycles. The number of thiazole rings is 1. The largest absolute Gasteiger partial charge is 0.486 e. The van der Waals surface area contributed by atoms with Gasteiger partial charge in [0.25, 0.3) is 5.91 Å². The molecule has 1 aromatic carbocycles. The number of esters is 1. The molecule has 0 bridgehead atoms. The van der Waals surface area contributed by atoms with Gasteiger partial charge in [-0.15, -0.1) is 11.3 Å². The van der Waals surface area contributed by atoms with Crippen molar-refractivity contribution in [2.24, 2.45) is 11.3 Å². The van der Waals surface area contributed by atoms with Gasteiger partial charge in [-0.2, -0.15) is 0 Å². The second-order valence-corrected chi connectivity index (χ2v) is 10.8. The van der Waals surface area contributed by atoms with Crippen LogP contribution in [0.25, 0.3) is 0 Å². The molecule has 2 aromatic rings. The predicted octanol–water partition coefficient (Wildman–Crippen LogP) is 4.04. The molecule has 182 valence electrons. The second kappa shape index (κ2) is 9.32. The Hall–Kier alpha value is -3.01. The number of hydrogen-bond donors (Lipinski definition) is 1. The van der Waals surface area contributed by atoms with Crippen molar-refractivity contribution in [1.82, 2.24) is 15.2 Å². The Bertz CT molecular complexity index is 1090. The fourth-order valence-electron chi connectivity index (χ4n) is 5.14. The van der Waals surface area contributed by atoms with E-state index in [-0.39, 0.29) is 36.3 Å². The number of urea groups is 1. The lowest BCUT2D eigenvalue weighted by molar-refractivity contribution is -0.149. The molecule has 8 nitrogen and oxygen atoms in total. The molecule has 2 aliphatic rings. The lowest BCUT2D eigenvalue weighted by atomic mass is 9.64. The SMILES string of the molecule is CC1CC(C)(C)CC2(C1)NC(=O)N(CC(=O)OCc1csc(COc3ccc(F)cc3)n1)C2=O. The molecule has 2 atom stereocenters. The molecule has 0 radical (unpaired) electrons. The molecular formula is C24H28FN3O5S. The van der Waals surface area contributed by atoms with Gasteiger partial charge in [-0.05, 0) is 54.9 Å². The van der Waals surface area contributed by atoms with E-state index in [4.69, 9.17) is 9.47 Å². The number of carbonyl (C=O) groups is 3. The van der Waals surface area contributed by atoms with Gasteiger partial charge in [0.2, 0.25) is 0 Å². The van der Waals surface area contributed by atoms with Gasteiger partial charge in [0.05, 0.1) is 5.69 Å². The summed E-state index contributed by atoms with van der Waals surface area (Å²) in [4.78, 5) is 43.4. The van der Waals surface area contributed by atoms with E-state index in [1.807, 2.05) is 0 Å². The van der Waals surface area contributed by atoms with Crippen LogP contribution in [0, 0.1) is 17.2 Å². The molecule has 1 aliphatic carbocycles. The average molecular weight is 490 g/mol. The summed E-state index contributed by atoms with van der Waals surface area (Å²) in [6.45, 7) is 5.94. The average Bonchev–Trinajstić information content (AvgIpc) is 3.29. The van der Waals surface area contributed by atoms with Crippen LogP contribution in [-0.4, -0.2) is 39.9 Å². The maximum absolute atomic E-state index is 13.1. The number of imide groups is 1. The summed E-state index contributed by atoms with van der Waals surface area (Å²) in [5, 5.41) is 5.26. The second-order valence-electron chi connectivity index (χ2n) is 9.89. The van der Waals surface area contributed by atoms with Crippen molar-refractivity contribution in [3.63, 3.8) is 0 Å². The van der Waals surface area contributed by atoms with E-state index in [1.54, 1.807) is 5.38 Å². The highest BCUT2D eigenvalue weighted by Crippen LogP contribution is 2.46. The van der Waals surface area contributed by atoms with Crippen LogP contribution < -0.4 is 10.1 Å². The van der Waals surface area contributed by atoms with Gasteiger partial charge in [-0.3, -0.25) is 14.5 Å². The van der Waals surface area contributed by atoms with Gasteiger partial charge in [0, 0.05) is 5.38 Å². The first-order valence-corrected chi connectivity index (χ1v) is 12.0. The molecule has 10 heteroatoms. The predicted molar refractivity (Wildman–Crippen MR) is 122 cm³/mol. The Morgan fingerprint density at radius 3 is 2.68 bits per heavy atom. The van der Waals surface area contributed by atoms with Gasteiger partial charge < -0.3 is 14.8 Å². The number of aromatic nitrogens is 1. The maximum Gasteiger partial charge on any atom is 0.326 e. The third-order valence-electron chi connectivity index (χ3n) is 6.07. The lowest BCUT2D eigenvalue weighted by Crippen LogP contribution is -2.54. The van der Waals surface area contributed by atoms with Gasteiger partial charge in [-0.1, -0.05) is 20.8 Å². The minimum atomic E-state index is -0.952. The summed E-state index contributed by atoms with van der Waals surface area (Å²) in [7, 11) is 0. The van der Waals surface area contributed by atoms with Crippen LogP contribution in [0.4, 0.5) is 9.18 Å². The quantitative estimate of drug-likeness (QED) is 0.466. The summed E-state index contributed by atoms with van der Waals surface area (Å²) < 4.78 is 23.8. The topological polar surface area (TPSA) is 97.8 Å². The number of ether oxygens (including phenoxy) is 2. The molecule has 1 saturated heterocycles. The summed E-state index contributed by atoms with van der Waals surface area (Å²) in [6.07, 6.45) is 2.08. The molecule has 34 heavy (non-hydrogen) atoms. The van der Waals surface area contributed by atoms with E-state index >= 15 is 0 Å². The smallest absolute Gasteiger partial charge is 0.326 e. The van der Waals surface area contributed by atoms with E-state index in [1.165, 1.54) is 35.6 Å². The number of benzene rings is 1. The first kappa shape index (κ1) is 24.1. The number of amides is 3. The zero-order valence-electron chi connectivity index (χ0n) is 19.4. The molecule has 1 spiro atoms. The van der Waals surface area contributed by atoms with Gasteiger partial charge in [0.1, 0.15) is 41.9 Å². The van der Waals surface area contributed by atoms with E-state index < -0.39 is 24.1 Å². The van der Waals surface area contributed by atoms with Gasteiger partial charge in [0.15, 0.2) is 0 Å². The van der Waals surface area contributed by atoms with E-state index in [9.17, 15) is 18.8 Å². The van der Waals surface area contributed by atoms with Crippen molar-refractivity contribution in [3.8, 4) is 5.75 Å². The molecule has 2 fully saturated rings. The molecular weight excluding hydrogens is 461 g/mol. The van der Waals surface area contributed by atoms with E-state index in [0.29, 0.717) is 29.3 Å². The van der Waals surface area contributed by atoms with Crippen molar-refractivity contribution in [1.29, 1.82) is 0 Å². The number of hydrogen-bond acceptors (Lipinski definition) is 7. The van der Waals surface area contributed by atoms with Crippen LogP contribution in [0.15, 0.2) is 29.6 Å². The highest BCUT2D eigenvalue weighted by Gasteiger charge is 2.56. The standard InChI is InChI=1S/C24H28FN3O5S/c1-15-8-23(2,3)14-24(9-15)21(30)28(22(31)27-24)10-20(29)33-11-17-13-34-19(26-17)12-32-18-6-4-16(25)5-7-18/h4-7,13,15H,8-12,14H2,1-3H3,(H,27,31). The normalized spacial score (nSPS) is 23.8. The fraction of sp³-hybridized carbons (Fsp3) is 0.500. The van der Waals surface area contributed by atoms with E-state index in [0.717, 1.165) is 11.3 Å². The maximum atomic E-state index is 13.1. The molecule has 2 heterocycles. The van der Waals surface area contributed by atoms with Gasteiger partial charge in [-0.25, -0.2) is 14.2 Å². The van der Waals surface area contributed by atoms with Crippen molar-refractivity contribution in [2.75, 3.05) is 6.54 Å². The summed E-state index contributed by atoms with van der Waals surface area (Å²) >= 11 is 1.34. The minimum absolute atomic E-state index is 0.0786. The lowest BCUT2D eigenvalue weighted by Gasteiger charge is -2.43. The molecule has 1 aromatic heterocycles. The Labute approximate surface area is 201 Å². The Morgan fingerprint density at radius 1 is 1.24 bits per heavy atom. The third kappa shape index (κ3) is 5.38. The van der Waals surface area contributed by atoms with Crippen LogP contribution in [0.3, 0.4) is 0 Å². The van der Waals surface area contributed by atoms with Crippen LogP contribution in [0.1, 0.15) is 50.7 Å². The highest BCUT2D eigenvalue weighted by atomic mass is 32.1. The number of nitrogens with one attached hydrogen (secondary N) is 1. The Morgan fingerprint density at radius 2 is 1.97 bits per heavy atom. The van der Waals surface area contributed by atoms with Crippen molar-refractivity contribution in [2.45, 2.75) is 58.8 Å². The Balaban J connectivity index is 1.28. The third-order valence-corrected chi connectivity index (χ3v) is 6.94. The van der Waals surface area contributed by atoms with Gasteiger partial charge >= 0.3 is 12.0 Å². The Kier molecular flexibility index (Phi) is 6.62. The van der Waals surface area contributed by atoms with Crippen LogP contribution in [0.5, 0.6) is 5.75 Å². The molecule has 1 N–H and O–H groups in total. The van der Waals surface area contributed by atoms with Crippen molar-refractivity contribution < 1.29 is 28.2 Å².